The molecule has 8 heteroatoms. The average molecular weight is 512 g/mol. The number of hydrogen-bond donors (Lipinski definition) is 1. The van der Waals surface area contributed by atoms with Gasteiger partial charge in [-0.15, -0.1) is 0 Å². The second-order valence-electron chi connectivity index (χ2n) is 5.98. The van der Waals surface area contributed by atoms with Gasteiger partial charge in [0.2, 0.25) is 0 Å². The number of rotatable bonds is 4. The van der Waals surface area contributed by atoms with Crippen molar-refractivity contribution >= 4 is 74.2 Å². The van der Waals surface area contributed by atoms with Crippen LogP contribution in [0, 0.1) is 3.57 Å². The van der Waals surface area contributed by atoms with Crippen molar-refractivity contribution in [3.8, 4) is 11.5 Å². The Balaban J connectivity index is 1.92. The van der Waals surface area contributed by atoms with Crippen LogP contribution in [0.25, 0.3) is 6.08 Å². The smallest absolute Gasteiger partial charge is 0.270 e. The molecule has 1 aliphatic rings. The van der Waals surface area contributed by atoms with Crippen LogP contribution in [0.15, 0.2) is 41.3 Å². The van der Waals surface area contributed by atoms with E-state index in [2.05, 4.69) is 0 Å². The van der Waals surface area contributed by atoms with Crippen molar-refractivity contribution in [3.05, 3.63) is 50.4 Å². The van der Waals surface area contributed by atoms with Gasteiger partial charge in [-0.05, 0) is 70.6 Å². The molecule has 0 bridgehead atoms. The van der Waals surface area contributed by atoms with E-state index in [4.69, 9.17) is 17.0 Å². The summed E-state index contributed by atoms with van der Waals surface area (Å²) in [7, 11) is 5.42. The van der Waals surface area contributed by atoms with E-state index < -0.39 is 0 Å². The van der Waals surface area contributed by atoms with E-state index in [1.165, 1.54) is 23.8 Å². The number of amides is 1. The Morgan fingerprint density at radius 2 is 1.93 bits per heavy atom. The van der Waals surface area contributed by atoms with Crippen molar-refractivity contribution in [1.82, 2.24) is 0 Å². The lowest BCUT2D eigenvalue weighted by atomic mass is 10.2. The lowest BCUT2D eigenvalue weighted by molar-refractivity contribution is -0.113. The fourth-order valence-electron chi connectivity index (χ4n) is 2.57. The molecule has 2 aromatic rings. The number of nitrogens with zero attached hydrogens (tertiary/aromatic N) is 2. The quantitative estimate of drug-likeness (QED) is 0.371. The molecule has 0 aliphatic carbocycles. The van der Waals surface area contributed by atoms with E-state index in [0.717, 1.165) is 16.9 Å². The molecule has 1 heterocycles. The van der Waals surface area contributed by atoms with E-state index >= 15 is 0 Å². The summed E-state index contributed by atoms with van der Waals surface area (Å²) in [4.78, 5) is 17.0. The van der Waals surface area contributed by atoms with Gasteiger partial charge in [0.1, 0.15) is 0 Å². The molecule has 0 unspecified atom stereocenters. The Kier molecular flexibility index (Phi) is 5.97. The Morgan fingerprint density at radius 3 is 2.52 bits per heavy atom. The third-order valence-electron chi connectivity index (χ3n) is 3.99. The number of carbonyl (C=O) groups is 1. The van der Waals surface area contributed by atoms with E-state index in [0.29, 0.717) is 18.5 Å². The second-order valence-corrected chi connectivity index (χ2v) is 8.82. The van der Waals surface area contributed by atoms with Gasteiger partial charge in [0.15, 0.2) is 15.8 Å². The number of methoxy groups -OCH3 is 1. The first-order valence-corrected chi connectivity index (χ1v) is 10.2. The van der Waals surface area contributed by atoms with Crippen LogP contribution in [0.4, 0.5) is 11.4 Å². The van der Waals surface area contributed by atoms with Crippen molar-refractivity contribution < 1.29 is 14.6 Å². The molecule has 2 aromatic carbocycles. The maximum atomic E-state index is 12.9. The van der Waals surface area contributed by atoms with Crippen LogP contribution in [-0.2, 0) is 4.79 Å². The first kappa shape index (κ1) is 20.0. The SMILES string of the molecule is COc1cc(C=C2SC(=S)N(c3ccc(N(C)C)cc3)C2=O)cc(I)c1O. The molecule has 1 fully saturated rings. The summed E-state index contributed by atoms with van der Waals surface area (Å²) < 4.78 is 6.32. The van der Waals surface area contributed by atoms with Crippen molar-refractivity contribution in [2.24, 2.45) is 0 Å². The number of ether oxygens (including phenoxy) is 1. The second kappa shape index (κ2) is 8.07. The highest BCUT2D eigenvalue weighted by Crippen LogP contribution is 2.38. The number of thioether (sulfide) groups is 1. The normalized spacial score (nSPS) is 15.6. The summed E-state index contributed by atoms with van der Waals surface area (Å²) in [5.41, 5.74) is 2.55. The highest BCUT2D eigenvalue weighted by Gasteiger charge is 2.33. The third kappa shape index (κ3) is 4.07. The molecule has 0 radical (unpaired) electrons. The Labute approximate surface area is 181 Å². The first-order chi connectivity index (χ1) is 12.8. The number of aromatic hydroxyl groups is 1. The molecular formula is C19H17IN2O3S2. The zero-order valence-corrected chi connectivity index (χ0v) is 18.7. The van der Waals surface area contributed by atoms with Crippen LogP contribution in [0.3, 0.4) is 0 Å². The molecule has 3 rings (SSSR count). The van der Waals surface area contributed by atoms with Gasteiger partial charge in [0, 0.05) is 19.8 Å². The molecule has 5 nitrogen and oxygen atoms in total. The van der Waals surface area contributed by atoms with E-state index in [9.17, 15) is 9.90 Å². The van der Waals surface area contributed by atoms with Gasteiger partial charge in [0.25, 0.3) is 5.91 Å². The van der Waals surface area contributed by atoms with Crippen LogP contribution in [0.1, 0.15) is 5.56 Å². The molecule has 0 saturated carbocycles. The van der Waals surface area contributed by atoms with Gasteiger partial charge >= 0.3 is 0 Å². The predicted octanol–water partition coefficient (Wildman–Crippen LogP) is 4.48. The third-order valence-corrected chi connectivity index (χ3v) is 6.11. The van der Waals surface area contributed by atoms with Crippen LogP contribution in [-0.4, -0.2) is 36.5 Å². The van der Waals surface area contributed by atoms with Gasteiger partial charge < -0.3 is 14.7 Å². The summed E-state index contributed by atoms with van der Waals surface area (Å²) in [5.74, 6) is 0.288. The zero-order valence-electron chi connectivity index (χ0n) is 14.9. The lowest BCUT2D eigenvalue weighted by Crippen LogP contribution is -2.27. The summed E-state index contributed by atoms with van der Waals surface area (Å²) in [6, 6.07) is 11.1. The number of phenolic OH excluding ortho intramolecular Hbond substituents is 1. The summed E-state index contributed by atoms with van der Waals surface area (Å²) >= 11 is 8.71. The van der Waals surface area contributed by atoms with Gasteiger partial charge in [-0.25, -0.2) is 0 Å². The number of carbonyl (C=O) groups excluding carboxylic acids is 1. The number of thiocarbonyl (C=S) groups is 1. The summed E-state index contributed by atoms with van der Waals surface area (Å²) in [6.07, 6.45) is 1.76. The van der Waals surface area contributed by atoms with E-state index in [1.807, 2.05) is 65.9 Å². The Hall–Kier alpha value is -1.78. The lowest BCUT2D eigenvalue weighted by Gasteiger charge is -2.17. The maximum Gasteiger partial charge on any atom is 0.270 e. The van der Waals surface area contributed by atoms with Crippen LogP contribution in [0.5, 0.6) is 11.5 Å². The predicted molar refractivity (Wildman–Crippen MR) is 124 cm³/mol. The van der Waals surface area contributed by atoms with Gasteiger partial charge in [0.05, 0.1) is 21.3 Å². The molecule has 1 N–H and O–H groups in total. The monoisotopic (exact) mass is 512 g/mol. The van der Waals surface area contributed by atoms with Gasteiger partial charge in [-0.2, -0.15) is 0 Å². The topological polar surface area (TPSA) is 53.0 Å². The highest BCUT2D eigenvalue weighted by molar-refractivity contribution is 14.1. The van der Waals surface area contributed by atoms with Crippen LogP contribution < -0.4 is 14.5 Å². The minimum atomic E-state index is -0.162. The number of anilines is 2. The number of halogens is 1. The molecular weight excluding hydrogens is 495 g/mol. The fourth-order valence-corrected chi connectivity index (χ4v) is 4.50. The van der Waals surface area contributed by atoms with E-state index in [-0.39, 0.29) is 11.7 Å². The summed E-state index contributed by atoms with van der Waals surface area (Å²) in [5, 5.41) is 9.97. The number of hydrogen-bond acceptors (Lipinski definition) is 6. The molecule has 1 saturated heterocycles. The summed E-state index contributed by atoms with van der Waals surface area (Å²) in [6.45, 7) is 0. The van der Waals surface area contributed by atoms with Crippen molar-refractivity contribution in [2.45, 2.75) is 0 Å². The fraction of sp³-hybridized carbons (Fsp3) is 0.158. The molecule has 0 aromatic heterocycles. The minimum absolute atomic E-state index is 0.0868. The molecule has 0 atom stereocenters. The highest BCUT2D eigenvalue weighted by atomic mass is 127. The minimum Gasteiger partial charge on any atom is -0.504 e. The Morgan fingerprint density at radius 1 is 1.26 bits per heavy atom. The van der Waals surface area contributed by atoms with Gasteiger partial charge in [-0.3, -0.25) is 9.69 Å². The zero-order chi connectivity index (χ0) is 19.7. The maximum absolute atomic E-state index is 12.9. The average Bonchev–Trinajstić information content (AvgIpc) is 2.91. The van der Waals surface area contributed by atoms with Crippen LogP contribution in [0.2, 0.25) is 0 Å². The van der Waals surface area contributed by atoms with Gasteiger partial charge in [-0.1, -0.05) is 24.0 Å². The van der Waals surface area contributed by atoms with Crippen molar-refractivity contribution in [2.75, 3.05) is 31.0 Å². The van der Waals surface area contributed by atoms with Crippen molar-refractivity contribution in [3.63, 3.8) is 0 Å². The van der Waals surface area contributed by atoms with E-state index in [1.54, 1.807) is 18.2 Å². The molecule has 0 spiro atoms. The molecule has 1 aliphatic heterocycles. The molecule has 1 amide bonds. The number of phenols is 1. The standard InChI is InChI=1S/C19H17IN2O3S2/c1-21(2)12-4-6-13(7-5-12)22-18(24)16(27-19(22)26)10-11-8-14(20)17(23)15(9-11)25-3/h4-10,23H,1-3H3. The molecule has 140 valence electrons. The first-order valence-electron chi connectivity index (χ1n) is 7.93. The largest absolute Gasteiger partial charge is 0.504 e. The van der Waals surface area contributed by atoms with Crippen LogP contribution >= 0.6 is 46.6 Å². The Bertz CT molecular complexity index is 943. The number of benzene rings is 2. The van der Waals surface area contributed by atoms with Crippen molar-refractivity contribution in [1.29, 1.82) is 0 Å². The molecule has 27 heavy (non-hydrogen) atoms.